The van der Waals surface area contributed by atoms with Crippen LogP contribution in [0.25, 0.3) is 20.2 Å². The number of aromatic amines is 2. The number of hydrogen-bond acceptors (Lipinski definition) is 12. The molecule has 6 rings (SSSR count). The van der Waals surface area contributed by atoms with Crippen LogP contribution in [-0.2, 0) is 20.9 Å². The molecule has 0 aliphatic rings. The third-order valence-electron chi connectivity index (χ3n) is 8.13. The fraction of sp³-hybridized carbons (Fsp3) is 0.205. The normalized spacial score (nSPS) is 11.8. The van der Waals surface area contributed by atoms with Gasteiger partial charge in [-0.15, -0.1) is 22.7 Å². The van der Waals surface area contributed by atoms with E-state index in [1.165, 1.54) is 40.7 Å². The van der Waals surface area contributed by atoms with E-state index >= 15 is 0 Å². The number of fused-ring (bicyclic) bond motifs is 2. The highest BCUT2D eigenvalue weighted by molar-refractivity contribution is 7.21. The topological polar surface area (TPSA) is 288 Å². The molecule has 2 atom stereocenters. The summed E-state index contributed by atoms with van der Waals surface area (Å²) in [6.45, 7) is 2.00. The number of amidine groups is 2. The molecule has 0 saturated carbocycles. The number of nitrogens with one attached hydrogen (secondary N) is 4. The van der Waals surface area contributed by atoms with Crippen LogP contribution in [0.1, 0.15) is 34.0 Å². The molecule has 17 nitrogen and oxygen atoms in total. The Bertz CT molecular complexity index is 2670. The Hall–Kier alpha value is -7.41. The van der Waals surface area contributed by atoms with Crippen molar-refractivity contribution in [3.63, 3.8) is 0 Å². The Kier molecular flexibility index (Phi) is 17.6. The SMILES string of the molecule is COC(=O)N(C)[C@@H](C)[C@H](Oc1cccc2sc(C(=N)N)cc12)c1ccccc1.N=C(N)c1cc2ccc(OCc3cc(=O)[nH]c(=O)[nH]3)cc2s1.O=C(O)C(F)(F)F.O=C(O)C(F)(F)F. The predicted octanol–water partition coefficient (Wildman–Crippen LogP) is 6.80. The van der Waals surface area contributed by atoms with Gasteiger partial charge in [0.2, 0.25) is 0 Å². The fourth-order valence-corrected chi connectivity index (χ4v) is 6.89. The van der Waals surface area contributed by atoms with Crippen molar-refractivity contribution in [1.82, 2.24) is 14.9 Å². The molecule has 3 aromatic carbocycles. The van der Waals surface area contributed by atoms with Gasteiger partial charge in [-0.3, -0.25) is 20.6 Å². The molecule has 0 fully saturated rings. The number of rotatable bonds is 10. The number of H-pyrrole nitrogens is 2. The highest BCUT2D eigenvalue weighted by atomic mass is 32.1. The number of nitrogens with two attached hydrogens (primary N) is 2. The monoisotopic (exact) mass is 941 g/mol. The number of ether oxygens (including phenoxy) is 3. The van der Waals surface area contributed by atoms with Crippen LogP contribution in [-0.4, -0.2) is 87.3 Å². The minimum atomic E-state index is -5.08. The summed E-state index contributed by atoms with van der Waals surface area (Å²) in [7, 11) is 3.05. The quantitative estimate of drug-likeness (QED) is 0.0400. The Morgan fingerprint density at radius 3 is 1.89 bits per heavy atom. The number of aromatic nitrogens is 2. The Morgan fingerprint density at radius 2 is 1.36 bits per heavy atom. The molecule has 0 radical (unpaired) electrons. The van der Waals surface area contributed by atoms with E-state index in [9.17, 15) is 40.7 Å². The van der Waals surface area contributed by atoms with E-state index in [0.717, 1.165) is 25.7 Å². The number of aliphatic carboxylic acids is 2. The van der Waals surface area contributed by atoms with Gasteiger partial charge in [-0.2, -0.15) is 26.3 Å². The number of carbonyl (C=O) groups is 3. The number of carboxylic acids is 2. The highest BCUT2D eigenvalue weighted by Crippen LogP contribution is 2.36. The van der Waals surface area contributed by atoms with Gasteiger partial charge in [0.05, 0.1) is 28.6 Å². The van der Waals surface area contributed by atoms with Crippen molar-refractivity contribution in [2.24, 2.45) is 11.5 Å². The summed E-state index contributed by atoms with van der Waals surface area (Å²) in [6.07, 6.45) is -11.0. The fourth-order valence-electron chi connectivity index (χ4n) is 5.00. The second-order valence-electron chi connectivity index (χ2n) is 12.7. The lowest BCUT2D eigenvalue weighted by molar-refractivity contribution is -0.193. The number of amides is 1. The zero-order chi connectivity index (χ0) is 48.1. The first kappa shape index (κ1) is 50.9. The van der Waals surface area contributed by atoms with Crippen molar-refractivity contribution in [1.29, 1.82) is 10.8 Å². The number of nitrogen functional groups attached to an aromatic ring is 2. The Labute approximate surface area is 364 Å². The zero-order valence-corrected chi connectivity index (χ0v) is 34.9. The lowest BCUT2D eigenvalue weighted by Gasteiger charge is -2.32. The van der Waals surface area contributed by atoms with E-state index in [1.54, 1.807) is 13.1 Å². The summed E-state index contributed by atoms with van der Waals surface area (Å²) in [5, 5.41) is 31.3. The number of carbonyl (C=O) groups excluding carboxylic acids is 1. The molecule has 25 heteroatoms. The Morgan fingerprint density at radius 1 is 0.797 bits per heavy atom. The van der Waals surface area contributed by atoms with Crippen molar-refractivity contribution in [3.8, 4) is 11.5 Å². The molecule has 6 aromatic rings. The summed E-state index contributed by atoms with van der Waals surface area (Å²) >= 11 is 2.86. The average molecular weight is 942 g/mol. The molecule has 3 aromatic heterocycles. The van der Waals surface area contributed by atoms with Gasteiger partial charge in [0.1, 0.15) is 35.9 Å². The van der Waals surface area contributed by atoms with E-state index in [0.29, 0.717) is 26.9 Å². The molecule has 0 spiro atoms. The number of thiophene rings is 2. The van der Waals surface area contributed by atoms with Crippen LogP contribution in [0.15, 0.2) is 94.5 Å². The summed E-state index contributed by atoms with van der Waals surface area (Å²) in [5.74, 6) is -4.17. The second-order valence-corrected chi connectivity index (χ2v) is 14.9. The molecule has 0 saturated heterocycles. The molecule has 3 heterocycles. The van der Waals surface area contributed by atoms with Crippen LogP contribution >= 0.6 is 22.7 Å². The minimum absolute atomic E-state index is 0.0322. The standard InChI is InChI=1S/C21H23N3O3S.C14H12N4O3S.2C2HF3O2/c1-13(24(2)21(25)26-3)19(14-8-5-4-6-9-14)27-16-10-7-11-17-15(16)12-18(28-17)20(22)23;15-13(16)11-3-7-1-2-9(5-10(7)22-11)21-6-8-4-12(19)18-14(20)17-8;2*3-2(4,5)1(6)7/h4-13,19H,1-3H3,(H3,22,23);1-5H,6H2,(H3,15,16)(H2,17,18,19,20);2*(H,6,7)/t13-,19-;;;/m0.../s1. The van der Waals surface area contributed by atoms with Gasteiger partial charge in [0.25, 0.3) is 5.56 Å². The summed E-state index contributed by atoms with van der Waals surface area (Å²) < 4.78 is 82.3. The molecule has 64 heavy (non-hydrogen) atoms. The van der Waals surface area contributed by atoms with Gasteiger partial charge in [-0.25, -0.2) is 19.2 Å². The maximum absolute atomic E-state index is 12.0. The molecule has 10 N–H and O–H groups in total. The van der Waals surface area contributed by atoms with Gasteiger partial charge >= 0.3 is 36.1 Å². The lowest BCUT2D eigenvalue weighted by Crippen LogP contribution is -2.40. The van der Waals surface area contributed by atoms with Crippen molar-refractivity contribution in [2.75, 3.05) is 14.2 Å². The predicted molar refractivity (Wildman–Crippen MR) is 225 cm³/mol. The van der Waals surface area contributed by atoms with Crippen LogP contribution in [0.3, 0.4) is 0 Å². The Balaban J connectivity index is 0.000000267. The van der Waals surface area contributed by atoms with Gasteiger partial charge in [0.15, 0.2) is 0 Å². The minimum Gasteiger partial charge on any atom is -0.487 e. The van der Waals surface area contributed by atoms with Crippen molar-refractivity contribution in [3.05, 3.63) is 127 Å². The van der Waals surface area contributed by atoms with E-state index < -0.39 is 47.7 Å². The molecule has 0 aliphatic carbocycles. The number of hydrogen-bond donors (Lipinski definition) is 8. The van der Waals surface area contributed by atoms with E-state index in [-0.39, 0.29) is 24.3 Å². The van der Waals surface area contributed by atoms with Gasteiger partial charge in [-0.05, 0) is 60.3 Å². The smallest absolute Gasteiger partial charge is 0.487 e. The van der Waals surface area contributed by atoms with Gasteiger partial charge < -0.3 is 45.8 Å². The molecule has 0 aliphatic heterocycles. The first-order valence-electron chi connectivity index (χ1n) is 17.6. The number of nitrogens with zero attached hydrogens (tertiary/aromatic N) is 1. The van der Waals surface area contributed by atoms with Crippen LogP contribution in [0.5, 0.6) is 11.5 Å². The van der Waals surface area contributed by atoms with Crippen LogP contribution in [0, 0.1) is 10.8 Å². The van der Waals surface area contributed by atoms with Crippen molar-refractivity contribution >= 4 is 72.5 Å². The molecular formula is C39H37F6N7O10S2. The molecule has 0 bridgehead atoms. The molecular weight excluding hydrogens is 905 g/mol. The number of carboxylic acid groups (broad SMARTS) is 2. The van der Waals surface area contributed by atoms with Gasteiger partial charge in [0, 0.05) is 27.9 Å². The zero-order valence-electron chi connectivity index (χ0n) is 33.3. The number of halogens is 6. The maximum Gasteiger partial charge on any atom is 0.490 e. The lowest BCUT2D eigenvalue weighted by atomic mass is 10.0. The molecule has 0 unspecified atom stereocenters. The second kappa shape index (κ2) is 22.1. The van der Waals surface area contributed by atoms with Crippen LogP contribution in [0.2, 0.25) is 0 Å². The number of benzene rings is 3. The van der Waals surface area contributed by atoms with Crippen molar-refractivity contribution in [2.45, 2.75) is 38.0 Å². The third-order valence-corrected chi connectivity index (χ3v) is 10.4. The van der Waals surface area contributed by atoms with Crippen molar-refractivity contribution < 1.29 is 65.1 Å². The number of likely N-dealkylation sites (N-methyl/N-ethyl adjacent to an activating group) is 1. The summed E-state index contributed by atoms with van der Waals surface area (Å²) in [5.41, 5.74) is 11.4. The summed E-state index contributed by atoms with van der Waals surface area (Å²) in [6, 6.07) is 25.7. The van der Waals surface area contributed by atoms with Gasteiger partial charge in [-0.1, -0.05) is 36.4 Å². The average Bonchev–Trinajstić information content (AvgIpc) is 3.87. The largest absolute Gasteiger partial charge is 0.490 e. The van der Waals surface area contributed by atoms with E-state index in [1.807, 2.05) is 79.7 Å². The first-order valence-corrected chi connectivity index (χ1v) is 19.3. The van der Waals surface area contributed by atoms with Crippen LogP contribution < -0.4 is 32.2 Å². The number of alkyl halides is 6. The molecule has 1 amide bonds. The number of methoxy groups -OCH3 is 1. The third kappa shape index (κ3) is 14.9. The van der Waals surface area contributed by atoms with E-state index in [2.05, 4.69) is 9.97 Å². The first-order chi connectivity index (χ1) is 29.8. The van der Waals surface area contributed by atoms with E-state index in [4.69, 9.17) is 56.3 Å². The highest BCUT2D eigenvalue weighted by Gasteiger charge is 2.39. The maximum atomic E-state index is 12.0. The molecule has 342 valence electrons. The van der Waals surface area contributed by atoms with Crippen LogP contribution in [0.4, 0.5) is 31.1 Å². The summed E-state index contributed by atoms with van der Waals surface area (Å²) in [4.78, 5) is 59.7.